The number of rotatable bonds is 4. The molecule has 1 N–H and O–H groups in total. The highest BCUT2D eigenvalue weighted by Crippen LogP contribution is 2.37. The van der Waals surface area contributed by atoms with Gasteiger partial charge in [-0.2, -0.15) is 0 Å². The Morgan fingerprint density at radius 3 is 2.21 bits per heavy atom. The molecule has 0 amide bonds. The molecule has 5 heteroatoms. The Morgan fingerprint density at radius 2 is 1.68 bits per heavy atom. The maximum absolute atomic E-state index is 5.39. The first-order valence-corrected chi connectivity index (χ1v) is 5.94. The third-order valence-corrected chi connectivity index (χ3v) is 2.78. The van der Waals surface area contributed by atoms with E-state index in [2.05, 4.69) is 15.3 Å². The molecule has 0 spiro atoms. The van der Waals surface area contributed by atoms with Gasteiger partial charge >= 0.3 is 0 Å². The van der Waals surface area contributed by atoms with Crippen molar-refractivity contribution in [3.63, 3.8) is 0 Å². The van der Waals surface area contributed by atoms with Gasteiger partial charge < -0.3 is 14.8 Å². The van der Waals surface area contributed by atoms with Gasteiger partial charge in [-0.15, -0.1) is 0 Å². The number of hydrogen-bond donors (Lipinski definition) is 1. The number of anilines is 1. The molecule has 0 saturated carbocycles. The molecular weight excluding hydrogens is 242 g/mol. The Hall–Kier alpha value is -2.30. The molecule has 100 valence electrons. The van der Waals surface area contributed by atoms with Crippen molar-refractivity contribution in [1.29, 1.82) is 0 Å². The highest BCUT2D eigenvalue weighted by atomic mass is 16.5. The lowest BCUT2D eigenvalue weighted by atomic mass is 10.1. The lowest BCUT2D eigenvalue weighted by Crippen LogP contribution is -2.00. The highest BCUT2D eigenvalue weighted by Gasteiger charge is 2.14. The van der Waals surface area contributed by atoms with E-state index in [0.717, 1.165) is 28.6 Å². The Kier molecular flexibility index (Phi) is 3.85. The van der Waals surface area contributed by atoms with Gasteiger partial charge in [-0.05, 0) is 19.1 Å². The van der Waals surface area contributed by atoms with E-state index in [1.165, 1.54) is 0 Å². The van der Waals surface area contributed by atoms with E-state index in [4.69, 9.17) is 9.47 Å². The summed E-state index contributed by atoms with van der Waals surface area (Å²) in [7, 11) is 5.08. The van der Waals surface area contributed by atoms with E-state index < -0.39 is 0 Å². The average molecular weight is 259 g/mol. The summed E-state index contributed by atoms with van der Waals surface area (Å²) in [6.45, 7) is 1.85. The summed E-state index contributed by atoms with van der Waals surface area (Å²) in [6, 6.07) is 7.52. The maximum atomic E-state index is 5.39. The molecule has 1 aromatic heterocycles. The summed E-state index contributed by atoms with van der Waals surface area (Å²) in [5, 5.41) is 3.02. The molecule has 1 heterocycles. The average Bonchev–Trinajstić information content (AvgIpc) is 2.45. The Balaban J connectivity index is 2.66. The molecule has 2 rings (SSSR count). The van der Waals surface area contributed by atoms with Crippen LogP contribution in [-0.4, -0.2) is 31.2 Å². The Labute approximate surface area is 112 Å². The lowest BCUT2D eigenvalue weighted by Gasteiger charge is -2.13. The predicted molar refractivity (Wildman–Crippen MR) is 74.9 cm³/mol. The van der Waals surface area contributed by atoms with E-state index >= 15 is 0 Å². The van der Waals surface area contributed by atoms with Crippen LogP contribution < -0.4 is 14.8 Å². The summed E-state index contributed by atoms with van der Waals surface area (Å²) in [4.78, 5) is 8.74. The number of nitrogens with one attached hydrogen (secondary N) is 1. The van der Waals surface area contributed by atoms with Gasteiger partial charge in [0.2, 0.25) is 0 Å². The van der Waals surface area contributed by atoms with Crippen LogP contribution in [0.2, 0.25) is 0 Å². The van der Waals surface area contributed by atoms with Crippen molar-refractivity contribution in [3.8, 4) is 22.8 Å². The standard InChI is InChI=1S/C14H17N3O2/c1-9-16-10(8-13(15-2)17-9)14-11(18-3)6-5-7-12(14)19-4/h5-8H,1-4H3,(H,15,16,17). The SMILES string of the molecule is CNc1cc(-c2c(OC)cccc2OC)nc(C)n1. The molecule has 0 saturated heterocycles. The molecule has 5 nitrogen and oxygen atoms in total. The van der Waals surface area contributed by atoms with Crippen molar-refractivity contribution >= 4 is 5.82 Å². The summed E-state index contributed by atoms with van der Waals surface area (Å²) in [5.41, 5.74) is 1.60. The first-order chi connectivity index (χ1) is 9.19. The van der Waals surface area contributed by atoms with Crippen LogP contribution in [0.4, 0.5) is 5.82 Å². The fourth-order valence-electron chi connectivity index (χ4n) is 1.93. The Morgan fingerprint density at radius 1 is 1.05 bits per heavy atom. The van der Waals surface area contributed by atoms with Crippen molar-refractivity contribution in [1.82, 2.24) is 9.97 Å². The van der Waals surface area contributed by atoms with Crippen molar-refractivity contribution in [2.45, 2.75) is 6.92 Å². The second-order valence-corrected chi connectivity index (χ2v) is 3.97. The van der Waals surface area contributed by atoms with Crippen LogP contribution in [0.3, 0.4) is 0 Å². The van der Waals surface area contributed by atoms with Crippen LogP contribution in [0, 0.1) is 6.92 Å². The van der Waals surface area contributed by atoms with Crippen molar-refractivity contribution in [2.75, 3.05) is 26.6 Å². The topological polar surface area (TPSA) is 56.3 Å². The molecular formula is C14H17N3O2. The Bertz CT molecular complexity index is 563. The van der Waals surface area contributed by atoms with Crippen molar-refractivity contribution in [2.24, 2.45) is 0 Å². The summed E-state index contributed by atoms with van der Waals surface area (Å²) >= 11 is 0. The smallest absolute Gasteiger partial charge is 0.132 e. The van der Waals surface area contributed by atoms with Crippen LogP contribution in [0.25, 0.3) is 11.3 Å². The summed E-state index contributed by atoms with van der Waals surface area (Å²) in [5.74, 6) is 2.89. The first-order valence-electron chi connectivity index (χ1n) is 5.94. The number of ether oxygens (including phenoxy) is 2. The fourth-order valence-corrected chi connectivity index (χ4v) is 1.93. The molecule has 1 aromatic carbocycles. The van der Waals surface area contributed by atoms with Gasteiger partial charge in [0.1, 0.15) is 23.1 Å². The van der Waals surface area contributed by atoms with Crippen LogP contribution in [0.5, 0.6) is 11.5 Å². The highest BCUT2D eigenvalue weighted by molar-refractivity contribution is 5.75. The van der Waals surface area contributed by atoms with Gasteiger partial charge in [-0.3, -0.25) is 0 Å². The van der Waals surface area contributed by atoms with E-state index in [9.17, 15) is 0 Å². The number of methoxy groups -OCH3 is 2. The van der Waals surface area contributed by atoms with E-state index in [0.29, 0.717) is 5.82 Å². The minimum absolute atomic E-state index is 0.690. The molecule has 0 aliphatic heterocycles. The first kappa shape index (κ1) is 13.1. The minimum atomic E-state index is 0.690. The molecule has 0 atom stereocenters. The van der Waals surface area contributed by atoms with Gasteiger partial charge in [0, 0.05) is 13.1 Å². The molecule has 0 aliphatic carbocycles. The van der Waals surface area contributed by atoms with Gasteiger partial charge in [-0.1, -0.05) is 6.07 Å². The molecule has 0 bridgehead atoms. The monoisotopic (exact) mass is 259 g/mol. The van der Waals surface area contributed by atoms with Gasteiger partial charge in [0.25, 0.3) is 0 Å². The van der Waals surface area contributed by atoms with Crippen LogP contribution in [0.15, 0.2) is 24.3 Å². The second kappa shape index (κ2) is 5.56. The number of hydrogen-bond acceptors (Lipinski definition) is 5. The quantitative estimate of drug-likeness (QED) is 0.914. The zero-order valence-electron chi connectivity index (χ0n) is 11.5. The number of aryl methyl sites for hydroxylation is 1. The van der Waals surface area contributed by atoms with Crippen molar-refractivity contribution < 1.29 is 9.47 Å². The minimum Gasteiger partial charge on any atom is -0.496 e. The third-order valence-electron chi connectivity index (χ3n) is 2.78. The zero-order valence-corrected chi connectivity index (χ0v) is 11.5. The third kappa shape index (κ3) is 2.59. The van der Waals surface area contributed by atoms with Crippen LogP contribution in [-0.2, 0) is 0 Å². The van der Waals surface area contributed by atoms with E-state index in [-0.39, 0.29) is 0 Å². The van der Waals surface area contributed by atoms with Crippen LogP contribution >= 0.6 is 0 Å². The van der Waals surface area contributed by atoms with Gasteiger partial charge in [0.15, 0.2) is 0 Å². The van der Waals surface area contributed by atoms with Crippen LogP contribution in [0.1, 0.15) is 5.82 Å². The van der Waals surface area contributed by atoms with E-state index in [1.54, 1.807) is 14.2 Å². The predicted octanol–water partition coefficient (Wildman–Crippen LogP) is 2.51. The maximum Gasteiger partial charge on any atom is 0.132 e. The summed E-state index contributed by atoms with van der Waals surface area (Å²) < 4.78 is 10.8. The normalized spacial score (nSPS) is 10.1. The van der Waals surface area contributed by atoms with E-state index in [1.807, 2.05) is 38.2 Å². The van der Waals surface area contributed by atoms with Crippen molar-refractivity contribution in [3.05, 3.63) is 30.1 Å². The number of aromatic nitrogens is 2. The molecule has 19 heavy (non-hydrogen) atoms. The molecule has 0 aliphatic rings. The molecule has 0 fully saturated rings. The largest absolute Gasteiger partial charge is 0.496 e. The van der Waals surface area contributed by atoms with Gasteiger partial charge in [0.05, 0.1) is 25.5 Å². The fraction of sp³-hybridized carbons (Fsp3) is 0.286. The van der Waals surface area contributed by atoms with Gasteiger partial charge in [-0.25, -0.2) is 9.97 Å². The lowest BCUT2D eigenvalue weighted by molar-refractivity contribution is 0.397. The molecule has 0 unspecified atom stereocenters. The zero-order chi connectivity index (χ0) is 13.8. The summed E-state index contributed by atoms with van der Waals surface area (Å²) in [6.07, 6.45) is 0. The number of benzene rings is 1. The second-order valence-electron chi connectivity index (χ2n) is 3.97. The number of nitrogens with zero attached hydrogens (tertiary/aromatic N) is 2. The molecule has 0 radical (unpaired) electrons. The molecule has 2 aromatic rings.